The number of anilines is 1. The second-order valence-electron chi connectivity index (χ2n) is 3.88. The molecule has 0 bridgehead atoms. The molecule has 0 heterocycles. The van der Waals surface area contributed by atoms with Crippen LogP contribution in [-0.4, -0.2) is 11.1 Å². The van der Waals surface area contributed by atoms with E-state index < -0.39 is 5.97 Å². The van der Waals surface area contributed by atoms with Crippen molar-refractivity contribution >= 4 is 17.2 Å². The number of aliphatic carboxylic acids is 1. The second-order valence-corrected chi connectivity index (χ2v) is 3.88. The molecule has 0 aromatic heterocycles. The smallest absolute Gasteiger partial charge is 0.754 e. The van der Waals surface area contributed by atoms with Gasteiger partial charge in [-0.15, -0.1) is 0 Å². The molecule has 106 valence electrons. The van der Waals surface area contributed by atoms with Crippen LogP contribution in [0.3, 0.4) is 0 Å². The summed E-state index contributed by atoms with van der Waals surface area (Å²) in [4.78, 5) is 11.2. The molecule has 4 nitrogen and oxygen atoms in total. The minimum absolute atomic E-state index is 0. The van der Waals surface area contributed by atoms with Crippen molar-refractivity contribution in [2.24, 2.45) is 0 Å². The average Bonchev–Trinajstić information content (AvgIpc) is 2.46. The summed E-state index contributed by atoms with van der Waals surface area (Å²) < 4.78 is 0. The predicted octanol–water partition coefficient (Wildman–Crippen LogP) is 3.11. The number of rotatable bonds is 4. The average molecular weight is 362 g/mol. The Morgan fingerprint density at radius 3 is 2.00 bits per heavy atom. The molecule has 0 unspecified atom stereocenters. The van der Waals surface area contributed by atoms with Crippen LogP contribution in [0.4, 0.5) is 5.69 Å². The van der Waals surface area contributed by atoms with Gasteiger partial charge in [-0.25, -0.2) is 4.79 Å². The van der Waals surface area contributed by atoms with E-state index in [4.69, 9.17) is 0 Å². The van der Waals surface area contributed by atoms with Crippen molar-refractivity contribution in [1.82, 2.24) is 0 Å². The quantitative estimate of drug-likeness (QED) is 0.516. The number of hydroxylamine groups is 1. The van der Waals surface area contributed by atoms with Crippen molar-refractivity contribution in [2.75, 3.05) is 5.06 Å². The molecule has 20 heavy (non-hydrogen) atoms. The summed E-state index contributed by atoms with van der Waals surface area (Å²) >= 11 is 0. The standard InChI is InChI=1S/C15H12NO3.Ag/c17-15(18)14(12-7-3-1-4-8-12)11-16(19)13-9-5-2-6-10-13;/h1-11H,(H,17,18);/q-1;+1/b14-11-;. The van der Waals surface area contributed by atoms with Crippen LogP contribution in [0.2, 0.25) is 0 Å². The van der Waals surface area contributed by atoms with E-state index in [1.807, 2.05) is 0 Å². The number of para-hydroxylation sites is 1. The van der Waals surface area contributed by atoms with Crippen molar-refractivity contribution in [1.29, 1.82) is 0 Å². The largest absolute Gasteiger partial charge is 1.00 e. The molecule has 0 aliphatic carbocycles. The Morgan fingerprint density at radius 1 is 1.00 bits per heavy atom. The maximum absolute atomic E-state index is 11.9. The first-order valence-corrected chi connectivity index (χ1v) is 5.70. The molecule has 2 aromatic carbocycles. The number of hydrogen-bond acceptors (Lipinski definition) is 3. The van der Waals surface area contributed by atoms with Gasteiger partial charge < -0.3 is 15.4 Å². The van der Waals surface area contributed by atoms with Crippen molar-refractivity contribution < 1.29 is 32.3 Å². The minimum Gasteiger partial charge on any atom is -0.754 e. The van der Waals surface area contributed by atoms with Crippen LogP contribution < -0.4 is 5.06 Å². The number of hydrogen-bond donors (Lipinski definition) is 1. The van der Waals surface area contributed by atoms with Crippen LogP contribution in [0.1, 0.15) is 5.56 Å². The third-order valence-electron chi connectivity index (χ3n) is 2.57. The Bertz CT molecular complexity index is 585. The van der Waals surface area contributed by atoms with Gasteiger partial charge in [0.25, 0.3) is 0 Å². The van der Waals surface area contributed by atoms with Crippen molar-refractivity contribution in [3.63, 3.8) is 0 Å². The minimum atomic E-state index is -1.14. The van der Waals surface area contributed by atoms with E-state index in [2.05, 4.69) is 0 Å². The van der Waals surface area contributed by atoms with Crippen molar-refractivity contribution in [3.8, 4) is 0 Å². The molecular formula is C15H12AgNO3. The Hall–Kier alpha value is -1.85. The molecule has 0 aliphatic heterocycles. The number of nitrogens with zero attached hydrogens (tertiary/aromatic N) is 1. The summed E-state index contributed by atoms with van der Waals surface area (Å²) in [5.41, 5.74) is 0.836. The third kappa shape index (κ3) is 4.08. The monoisotopic (exact) mass is 361 g/mol. The fourth-order valence-electron chi connectivity index (χ4n) is 1.64. The van der Waals surface area contributed by atoms with Gasteiger partial charge in [0.15, 0.2) is 0 Å². The Labute approximate surface area is 132 Å². The molecule has 0 saturated heterocycles. The molecule has 2 rings (SSSR count). The van der Waals surface area contributed by atoms with Gasteiger partial charge in [0.05, 0.1) is 5.57 Å². The summed E-state index contributed by atoms with van der Waals surface area (Å²) in [5.74, 6) is -1.14. The zero-order valence-electron chi connectivity index (χ0n) is 10.4. The first-order valence-electron chi connectivity index (χ1n) is 5.70. The van der Waals surface area contributed by atoms with Crippen LogP contribution in [0.25, 0.3) is 5.57 Å². The topological polar surface area (TPSA) is 63.6 Å². The van der Waals surface area contributed by atoms with Gasteiger partial charge >= 0.3 is 28.3 Å². The van der Waals surface area contributed by atoms with Crippen molar-refractivity contribution in [2.45, 2.75) is 0 Å². The number of carbonyl (C=O) groups is 1. The van der Waals surface area contributed by atoms with Gasteiger partial charge in [-0.3, -0.25) is 0 Å². The third-order valence-corrected chi connectivity index (χ3v) is 2.57. The summed E-state index contributed by atoms with van der Waals surface area (Å²) in [6.07, 6.45) is 1.08. The Kier molecular flexibility index (Phi) is 6.21. The second kappa shape index (κ2) is 7.67. The first-order chi connectivity index (χ1) is 9.18. The van der Waals surface area contributed by atoms with Gasteiger partial charge in [-0.1, -0.05) is 48.5 Å². The fourth-order valence-corrected chi connectivity index (χ4v) is 1.64. The normalized spacial score (nSPS) is 10.6. The first kappa shape index (κ1) is 16.2. The number of carboxylic acids is 1. The molecular weight excluding hydrogens is 350 g/mol. The molecule has 2 aromatic rings. The Balaban J connectivity index is 0.00000200. The maximum atomic E-state index is 11.9. The number of carboxylic acid groups (broad SMARTS) is 1. The van der Waals surface area contributed by atoms with E-state index in [1.165, 1.54) is 0 Å². The summed E-state index contributed by atoms with van der Waals surface area (Å²) in [6, 6.07) is 17.0. The van der Waals surface area contributed by atoms with E-state index in [0.29, 0.717) is 16.3 Å². The van der Waals surface area contributed by atoms with Crippen LogP contribution in [0, 0.1) is 5.21 Å². The SMILES string of the molecule is O=C(O)/C(=C\N([O-])c1ccccc1)c1ccccc1.[Ag+]. The van der Waals surface area contributed by atoms with E-state index in [-0.39, 0.29) is 28.0 Å². The van der Waals surface area contributed by atoms with Gasteiger partial charge in [-0.05, 0) is 17.7 Å². The summed E-state index contributed by atoms with van der Waals surface area (Å²) in [6.45, 7) is 0. The molecule has 1 N–H and O–H groups in total. The zero-order chi connectivity index (χ0) is 13.7. The van der Waals surface area contributed by atoms with Crippen molar-refractivity contribution in [3.05, 3.63) is 77.6 Å². The summed E-state index contributed by atoms with van der Waals surface area (Å²) in [7, 11) is 0. The molecule has 0 spiro atoms. The Morgan fingerprint density at radius 2 is 1.50 bits per heavy atom. The molecule has 0 fully saturated rings. The fraction of sp³-hybridized carbons (Fsp3) is 0. The molecule has 0 radical (unpaired) electrons. The number of benzene rings is 2. The van der Waals surface area contributed by atoms with E-state index in [0.717, 1.165) is 6.20 Å². The van der Waals surface area contributed by atoms with Crippen LogP contribution in [0.15, 0.2) is 66.9 Å². The summed E-state index contributed by atoms with van der Waals surface area (Å²) in [5, 5.41) is 21.7. The molecule has 0 atom stereocenters. The van der Waals surface area contributed by atoms with Gasteiger partial charge in [-0.2, -0.15) is 0 Å². The van der Waals surface area contributed by atoms with E-state index in [9.17, 15) is 15.1 Å². The van der Waals surface area contributed by atoms with E-state index in [1.54, 1.807) is 60.7 Å². The van der Waals surface area contributed by atoms with E-state index >= 15 is 0 Å². The molecule has 0 aliphatic rings. The van der Waals surface area contributed by atoms with Gasteiger partial charge in [0.2, 0.25) is 0 Å². The molecule has 0 amide bonds. The predicted molar refractivity (Wildman–Crippen MR) is 74.3 cm³/mol. The molecule has 5 heteroatoms. The zero-order valence-corrected chi connectivity index (χ0v) is 11.8. The van der Waals surface area contributed by atoms with Crippen LogP contribution in [0.5, 0.6) is 0 Å². The maximum Gasteiger partial charge on any atom is 1.00 e. The van der Waals surface area contributed by atoms with Crippen LogP contribution >= 0.6 is 0 Å². The van der Waals surface area contributed by atoms with Gasteiger partial charge in [0.1, 0.15) is 0 Å². The molecule has 0 saturated carbocycles. The van der Waals surface area contributed by atoms with Gasteiger partial charge in [0, 0.05) is 11.9 Å². The van der Waals surface area contributed by atoms with Crippen LogP contribution in [-0.2, 0) is 27.2 Å².